The molecular formula is C15H21N5O3. The summed E-state index contributed by atoms with van der Waals surface area (Å²) in [5.41, 5.74) is 6.71. The van der Waals surface area contributed by atoms with E-state index in [4.69, 9.17) is 10.5 Å². The molecule has 0 bridgehead atoms. The maximum Gasteiger partial charge on any atom is 0.280 e. The van der Waals surface area contributed by atoms with Crippen molar-refractivity contribution < 1.29 is 9.84 Å². The fourth-order valence-electron chi connectivity index (χ4n) is 3.02. The van der Waals surface area contributed by atoms with E-state index in [1.807, 2.05) is 13.8 Å². The Bertz CT molecular complexity index is 794. The van der Waals surface area contributed by atoms with Crippen LogP contribution in [0, 0.1) is 5.92 Å². The zero-order chi connectivity index (χ0) is 16.7. The van der Waals surface area contributed by atoms with Gasteiger partial charge in [0, 0.05) is 5.92 Å². The molecule has 0 unspecified atom stereocenters. The van der Waals surface area contributed by atoms with Gasteiger partial charge in [-0.1, -0.05) is 6.58 Å². The van der Waals surface area contributed by atoms with Gasteiger partial charge in [0.1, 0.15) is 0 Å². The number of nitrogens with one attached hydrogen (secondary N) is 1. The molecule has 2 heterocycles. The lowest BCUT2D eigenvalue weighted by atomic mass is 10.0. The Balaban J connectivity index is 1.94. The van der Waals surface area contributed by atoms with E-state index in [1.54, 1.807) is 10.9 Å². The monoisotopic (exact) mass is 319 g/mol. The third kappa shape index (κ3) is 2.75. The number of hydrogen-bond acceptors (Lipinski definition) is 6. The van der Waals surface area contributed by atoms with Crippen molar-refractivity contribution in [3.8, 4) is 0 Å². The van der Waals surface area contributed by atoms with E-state index in [0.29, 0.717) is 18.7 Å². The number of aromatic nitrogens is 4. The maximum absolute atomic E-state index is 11.9. The molecule has 1 aliphatic carbocycles. The van der Waals surface area contributed by atoms with Crippen LogP contribution in [-0.4, -0.2) is 43.4 Å². The number of imidazole rings is 1. The van der Waals surface area contributed by atoms with E-state index < -0.39 is 6.10 Å². The van der Waals surface area contributed by atoms with Gasteiger partial charge >= 0.3 is 0 Å². The first-order valence-corrected chi connectivity index (χ1v) is 7.59. The molecule has 2 aromatic rings. The fraction of sp³-hybridized carbons (Fsp3) is 0.533. The highest BCUT2D eigenvalue weighted by atomic mass is 16.5. The number of nitrogens with zero attached hydrogens (tertiary/aromatic N) is 3. The molecule has 2 aromatic heterocycles. The topological polar surface area (TPSA) is 119 Å². The van der Waals surface area contributed by atoms with Gasteiger partial charge in [-0.3, -0.25) is 9.78 Å². The molecule has 1 saturated carbocycles. The van der Waals surface area contributed by atoms with E-state index in [2.05, 4.69) is 21.5 Å². The number of aromatic amines is 1. The van der Waals surface area contributed by atoms with Crippen LogP contribution >= 0.6 is 0 Å². The van der Waals surface area contributed by atoms with E-state index in [9.17, 15) is 9.90 Å². The number of anilines is 1. The van der Waals surface area contributed by atoms with Gasteiger partial charge in [0.05, 0.1) is 31.2 Å². The van der Waals surface area contributed by atoms with Crippen LogP contribution in [0.3, 0.4) is 0 Å². The predicted molar refractivity (Wildman–Crippen MR) is 85.9 cm³/mol. The number of aliphatic hydroxyl groups is 1. The van der Waals surface area contributed by atoms with Gasteiger partial charge in [0.2, 0.25) is 5.95 Å². The number of ether oxygens (including phenoxy) is 1. The molecule has 1 aliphatic rings. The molecule has 1 fully saturated rings. The third-order valence-electron chi connectivity index (χ3n) is 4.23. The Morgan fingerprint density at radius 3 is 3.04 bits per heavy atom. The molecule has 3 atom stereocenters. The summed E-state index contributed by atoms with van der Waals surface area (Å²) < 4.78 is 7.37. The summed E-state index contributed by atoms with van der Waals surface area (Å²) in [4.78, 5) is 22.6. The quantitative estimate of drug-likeness (QED) is 0.710. The molecular weight excluding hydrogens is 298 g/mol. The molecule has 8 nitrogen and oxygen atoms in total. The van der Waals surface area contributed by atoms with Crippen LogP contribution in [0.25, 0.3) is 11.2 Å². The fourth-order valence-corrected chi connectivity index (χ4v) is 3.02. The highest BCUT2D eigenvalue weighted by molar-refractivity contribution is 5.70. The van der Waals surface area contributed by atoms with Gasteiger partial charge in [-0.15, -0.1) is 0 Å². The van der Waals surface area contributed by atoms with Crippen LogP contribution in [0.15, 0.2) is 23.3 Å². The Kier molecular flexibility index (Phi) is 3.95. The third-order valence-corrected chi connectivity index (χ3v) is 4.23. The summed E-state index contributed by atoms with van der Waals surface area (Å²) in [6.45, 7) is 8.43. The van der Waals surface area contributed by atoms with Crippen LogP contribution in [-0.2, 0) is 4.74 Å². The zero-order valence-corrected chi connectivity index (χ0v) is 13.2. The number of fused-ring (bicyclic) bond motifs is 1. The summed E-state index contributed by atoms with van der Waals surface area (Å²) in [5, 5.41) is 10.3. The van der Waals surface area contributed by atoms with Gasteiger partial charge in [-0.2, -0.15) is 4.98 Å². The minimum Gasteiger partial charge on any atom is -0.392 e. The molecule has 8 heteroatoms. The summed E-state index contributed by atoms with van der Waals surface area (Å²) in [6.07, 6.45) is 1.55. The normalized spacial score (nSPS) is 24.9. The van der Waals surface area contributed by atoms with Crippen molar-refractivity contribution in [2.75, 3.05) is 12.3 Å². The first kappa shape index (κ1) is 15.7. The standard InChI is InChI=1S/C15H21N5O3/c1-7(2)23-5-9-8(3)10(4-11(9)21)20-6-17-12-13(20)18-15(16)19-14(12)22/h6-7,9-11,21H,3-5H2,1-2H3,(H3,16,18,19,22)/t9-,10-,11-/m0/s1. The second-order valence-electron chi connectivity index (χ2n) is 6.16. The first-order valence-electron chi connectivity index (χ1n) is 7.59. The van der Waals surface area contributed by atoms with Crippen molar-refractivity contribution in [2.24, 2.45) is 5.92 Å². The molecule has 4 N–H and O–H groups in total. The highest BCUT2D eigenvalue weighted by Gasteiger charge is 2.38. The van der Waals surface area contributed by atoms with Crippen molar-refractivity contribution in [3.05, 3.63) is 28.8 Å². The van der Waals surface area contributed by atoms with Gasteiger partial charge < -0.3 is 20.1 Å². The smallest absolute Gasteiger partial charge is 0.280 e. The average Bonchev–Trinajstić information content (AvgIpc) is 2.98. The van der Waals surface area contributed by atoms with Gasteiger partial charge in [-0.25, -0.2) is 4.98 Å². The molecule has 0 aromatic carbocycles. The van der Waals surface area contributed by atoms with Crippen LogP contribution in [0.2, 0.25) is 0 Å². The lowest BCUT2D eigenvalue weighted by Gasteiger charge is -2.19. The second-order valence-corrected chi connectivity index (χ2v) is 6.16. The Morgan fingerprint density at radius 2 is 2.35 bits per heavy atom. The molecule has 0 amide bonds. The van der Waals surface area contributed by atoms with E-state index in [0.717, 1.165) is 5.57 Å². The number of aliphatic hydroxyl groups excluding tert-OH is 1. The molecule has 0 aliphatic heterocycles. The average molecular weight is 319 g/mol. The van der Waals surface area contributed by atoms with Crippen molar-refractivity contribution in [1.82, 2.24) is 19.5 Å². The van der Waals surface area contributed by atoms with Crippen LogP contribution < -0.4 is 11.3 Å². The number of hydrogen-bond donors (Lipinski definition) is 3. The zero-order valence-electron chi connectivity index (χ0n) is 13.2. The number of nitrogens with two attached hydrogens (primary N) is 1. The Morgan fingerprint density at radius 1 is 1.61 bits per heavy atom. The maximum atomic E-state index is 11.9. The molecule has 3 rings (SSSR count). The van der Waals surface area contributed by atoms with Gasteiger partial charge in [0.25, 0.3) is 5.56 Å². The summed E-state index contributed by atoms with van der Waals surface area (Å²) in [6, 6.07) is -0.190. The van der Waals surface area contributed by atoms with Gasteiger partial charge in [0.15, 0.2) is 11.2 Å². The second kappa shape index (κ2) is 5.78. The molecule has 23 heavy (non-hydrogen) atoms. The molecule has 0 saturated heterocycles. The largest absolute Gasteiger partial charge is 0.392 e. The lowest BCUT2D eigenvalue weighted by Crippen LogP contribution is -2.22. The van der Waals surface area contributed by atoms with Gasteiger partial charge in [-0.05, 0) is 25.8 Å². The number of rotatable bonds is 4. The Labute approximate surface area is 133 Å². The minimum absolute atomic E-state index is 0.0353. The van der Waals surface area contributed by atoms with E-state index in [-0.39, 0.29) is 35.1 Å². The van der Waals surface area contributed by atoms with E-state index in [1.165, 1.54) is 0 Å². The van der Waals surface area contributed by atoms with E-state index >= 15 is 0 Å². The van der Waals surface area contributed by atoms with Crippen molar-refractivity contribution in [1.29, 1.82) is 0 Å². The first-order chi connectivity index (χ1) is 10.9. The van der Waals surface area contributed by atoms with Crippen LogP contribution in [0.1, 0.15) is 26.3 Å². The SMILES string of the molecule is C=C1[C@H](COC(C)C)[C@@H](O)C[C@@H]1n1cnc2c(=O)[nH]c(N)nc21. The predicted octanol–water partition coefficient (Wildman–Crippen LogP) is 0.605. The van der Waals surface area contributed by atoms with Crippen LogP contribution in [0.5, 0.6) is 0 Å². The van der Waals surface area contributed by atoms with Crippen LogP contribution in [0.4, 0.5) is 5.95 Å². The number of H-pyrrole nitrogens is 1. The van der Waals surface area contributed by atoms with Crippen molar-refractivity contribution in [2.45, 2.75) is 38.5 Å². The summed E-state index contributed by atoms with van der Waals surface area (Å²) in [5.74, 6) is -0.118. The Hall–Kier alpha value is -2.19. The molecule has 0 radical (unpaired) electrons. The lowest BCUT2D eigenvalue weighted by molar-refractivity contribution is 0.0243. The summed E-state index contributed by atoms with van der Waals surface area (Å²) in [7, 11) is 0. The van der Waals surface area contributed by atoms with Crippen molar-refractivity contribution in [3.63, 3.8) is 0 Å². The highest BCUT2D eigenvalue weighted by Crippen LogP contribution is 2.40. The molecule has 124 valence electrons. The molecule has 0 spiro atoms. The minimum atomic E-state index is -0.553. The summed E-state index contributed by atoms with van der Waals surface area (Å²) >= 11 is 0. The van der Waals surface area contributed by atoms with Crippen molar-refractivity contribution >= 4 is 17.1 Å². The number of nitrogen functional groups attached to an aromatic ring is 1.